The second-order valence-corrected chi connectivity index (χ2v) is 1.95. The minimum Gasteiger partial charge on any atom is -0.463 e. The quantitative estimate of drug-likeness (QED) is 0.456. The SMILES string of the molecule is CC(C)OC(=O)CC=N. The predicted octanol–water partition coefficient (Wildman–Crippen LogP) is 0.978. The summed E-state index contributed by atoms with van der Waals surface area (Å²) in [6.45, 7) is 3.56. The summed E-state index contributed by atoms with van der Waals surface area (Å²) in [5.74, 6) is -0.333. The third-order valence-electron chi connectivity index (χ3n) is 0.636. The molecule has 0 saturated carbocycles. The highest BCUT2D eigenvalue weighted by Crippen LogP contribution is 1.89. The standard InChI is InChI=1S/C6H11NO2/c1-5(2)9-6(8)3-4-7/h4-5,7H,3H2,1-2H3. The zero-order valence-electron chi connectivity index (χ0n) is 5.68. The molecule has 0 aliphatic carbocycles. The van der Waals surface area contributed by atoms with Crippen LogP contribution in [-0.2, 0) is 9.53 Å². The fourth-order valence-corrected chi connectivity index (χ4v) is 0.394. The van der Waals surface area contributed by atoms with Crippen LogP contribution in [0.15, 0.2) is 0 Å². The van der Waals surface area contributed by atoms with Crippen LogP contribution in [0.4, 0.5) is 0 Å². The van der Waals surface area contributed by atoms with Crippen molar-refractivity contribution in [2.75, 3.05) is 0 Å². The highest BCUT2D eigenvalue weighted by Gasteiger charge is 2.00. The molecule has 0 aromatic rings. The number of nitrogens with one attached hydrogen (secondary N) is 1. The summed E-state index contributed by atoms with van der Waals surface area (Å²) in [6, 6.07) is 0. The van der Waals surface area contributed by atoms with Crippen molar-refractivity contribution < 1.29 is 9.53 Å². The zero-order valence-corrected chi connectivity index (χ0v) is 5.68. The number of rotatable bonds is 3. The van der Waals surface area contributed by atoms with Crippen LogP contribution in [0.5, 0.6) is 0 Å². The van der Waals surface area contributed by atoms with E-state index in [0.29, 0.717) is 0 Å². The van der Waals surface area contributed by atoms with Gasteiger partial charge >= 0.3 is 5.97 Å². The second-order valence-electron chi connectivity index (χ2n) is 1.95. The van der Waals surface area contributed by atoms with Gasteiger partial charge in [-0.3, -0.25) is 4.79 Å². The van der Waals surface area contributed by atoms with E-state index in [0.717, 1.165) is 6.21 Å². The second kappa shape index (κ2) is 4.06. The Balaban J connectivity index is 3.38. The fraction of sp³-hybridized carbons (Fsp3) is 0.667. The first kappa shape index (κ1) is 8.14. The normalized spacial score (nSPS) is 9.22. The molecule has 52 valence electrons. The van der Waals surface area contributed by atoms with Crippen molar-refractivity contribution in [2.24, 2.45) is 0 Å². The van der Waals surface area contributed by atoms with Gasteiger partial charge in [-0.1, -0.05) is 0 Å². The monoisotopic (exact) mass is 129 g/mol. The smallest absolute Gasteiger partial charge is 0.311 e. The van der Waals surface area contributed by atoms with Gasteiger partial charge in [0.25, 0.3) is 0 Å². The molecule has 0 aliphatic rings. The Morgan fingerprint density at radius 1 is 1.78 bits per heavy atom. The van der Waals surface area contributed by atoms with E-state index in [1.54, 1.807) is 13.8 Å². The van der Waals surface area contributed by atoms with Crippen LogP contribution in [0.1, 0.15) is 20.3 Å². The average molecular weight is 129 g/mol. The van der Waals surface area contributed by atoms with Crippen LogP contribution < -0.4 is 0 Å². The van der Waals surface area contributed by atoms with E-state index in [4.69, 9.17) is 10.1 Å². The van der Waals surface area contributed by atoms with Gasteiger partial charge < -0.3 is 10.1 Å². The largest absolute Gasteiger partial charge is 0.463 e. The van der Waals surface area contributed by atoms with Gasteiger partial charge in [0.05, 0.1) is 12.5 Å². The van der Waals surface area contributed by atoms with Gasteiger partial charge in [0.15, 0.2) is 0 Å². The third kappa shape index (κ3) is 5.00. The summed E-state index contributed by atoms with van der Waals surface area (Å²) >= 11 is 0. The van der Waals surface area contributed by atoms with Crippen LogP contribution in [0.3, 0.4) is 0 Å². The number of hydrogen-bond acceptors (Lipinski definition) is 3. The summed E-state index contributed by atoms with van der Waals surface area (Å²) in [5, 5.41) is 6.55. The Morgan fingerprint density at radius 2 is 2.33 bits per heavy atom. The first-order chi connectivity index (χ1) is 4.16. The molecule has 0 radical (unpaired) electrons. The number of carbonyl (C=O) groups is 1. The van der Waals surface area contributed by atoms with Crippen molar-refractivity contribution >= 4 is 12.2 Å². The number of ether oxygens (including phenoxy) is 1. The molecule has 0 amide bonds. The van der Waals surface area contributed by atoms with Crippen LogP contribution in [0.2, 0.25) is 0 Å². The summed E-state index contributed by atoms with van der Waals surface area (Å²) in [7, 11) is 0. The van der Waals surface area contributed by atoms with E-state index >= 15 is 0 Å². The molecule has 9 heavy (non-hydrogen) atoms. The molecule has 0 aromatic heterocycles. The molecule has 0 bridgehead atoms. The van der Waals surface area contributed by atoms with E-state index in [2.05, 4.69) is 0 Å². The summed E-state index contributed by atoms with van der Waals surface area (Å²) in [4.78, 5) is 10.5. The Kier molecular flexibility index (Phi) is 3.67. The molecule has 0 spiro atoms. The van der Waals surface area contributed by atoms with Gasteiger partial charge in [0.1, 0.15) is 0 Å². The first-order valence-corrected chi connectivity index (χ1v) is 2.85. The number of hydrogen-bond donors (Lipinski definition) is 1. The zero-order chi connectivity index (χ0) is 7.28. The van der Waals surface area contributed by atoms with E-state index in [1.807, 2.05) is 0 Å². The van der Waals surface area contributed by atoms with Gasteiger partial charge in [-0.2, -0.15) is 0 Å². The fourth-order valence-electron chi connectivity index (χ4n) is 0.394. The average Bonchev–Trinajstić information content (AvgIpc) is 1.63. The van der Waals surface area contributed by atoms with Crippen molar-refractivity contribution in [3.63, 3.8) is 0 Å². The molecule has 0 fully saturated rings. The Morgan fingerprint density at radius 3 is 2.67 bits per heavy atom. The number of carbonyl (C=O) groups excluding carboxylic acids is 1. The molecule has 0 saturated heterocycles. The maximum atomic E-state index is 10.5. The molecular formula is C6H11NO2. The molecule has 3 heteroatoms. The van der Waals surface area contributed by atoms with E-state index in [-0.39, 0.29) is 18.5 Å². The molecule has 0 aromatic carbocycles. The van der Waals surface area contributed by atoms with Crippen molar-refractivity contribution in [1.82, 2.24) is 0 Å². The highest BCUT2D eigenvalue weighted by molar-refractivity contribution is 5.84. The van der Waals surface area contributed by atoms with Gasteiger partial charge in [0.2, 0.25) is 0 Å². The highest BCUT2D eigenvalue weighted by atomic mass is 16.5. The van der Waals surface area contributed by atoms with Crippen molar-refractivity contribution in [3.05, 3.63) is 0 Å². The van der Waals surface area contributed by atoms with Gasteiger partial charge in [0, 0.05) is 6.21 Å². The summed E-state index contributed by atoms with van der Waals surface area (Å²) < 4.78 is 4.70. The lowest BCUT2D eigenvalue weighted by Gasteiger charge is -2.04. The molecule has 1 N–H and O–H groups in total. The van der Waals surface area contributed by atoms with Crippen LogP contribution in [0, 0.1) is 5.41 Å². The Hall–Kier alpha value is -0.860. The molecule has 0 heterocycles. The lowest BCUT2D eigenvalue weighted by molar-refractivity contribution is -0.145. The minimum atomic E-state index is -0.333. The maximum absolute atomic E-state index is 10.5. The maximum Gasteiger partial charge on any atom is 0.311 e. The summed E-state index contributed by atoms with van der Waals surface area (Å²) in [5.41, 5.74) is 0. The first-order valence-electron chi connectivity index (χ1n) is 2.85. The van der Waals surface area contributed by atoms with Gasteiger partial charge in [-0.05, 0) is 13.8 Å². The Bertz CT molecular complexity index is 110. The van der Waals surface area contributed by atoms with Crippen LogP contribution in [-0.4, -0.2) is 18.3 Å². The molecule has 0 aliphatic heterocycles. The van der Waals surface area contributed by atoms with E-state index in [9.17, 15) is 4.79 Å². The molecule has 3 nitrogen and oxygen atoms in total. The molecule has 0 rings (SSSR count). The Labute approximate surface area is 54.5 Å². The van der Waals surface area contributed by atoms with Crippen molar-refractivity contribution in [3.8, 4) is 0 Å². The van der Waals surface area contributed by atoms with Gasteiger partial charge in [-0.15, -0.1) is 0 Å². The topological polar surface area (TPSA) is 50.2 Å². The predicted molar refractivity (Wildman–Crippen MR) is 34.6 cm³/mol. The summed E-state index contributed by atoms with van der Waals surface area (Å²) in [6.07, 6.45) is 1.04. The lowest BCUT2D eigenvalue weighted by Crippen LogP contribution is -2.10. The van der Waals surface area contributed by atoms with Crippen LogP contribution >= 0.6 is 0 Å². The number of esters is 1. The minimum absolute atomic E-state index is 0.0718. The van der Waals surface area contributed by atoms with Crippen LogP contribution in [0.25, 0.3) is 0 Å². The lowest BCUT2D eigenvalue weighted by atomic mass is 10.4. The van der Waals surface area contributed by atoms with E-state index < -0.39 is 0 Å². The van der Waals surface area contributed by atoms with Crippen molar-refractivity contribution in [1.29, 1.82) is 5.41 Å². The van der Waals surface area contributed by atoms with Gasteiger partial charge in [-0.25, -0.2) is 0 Å². The molecule has 0 unspecified atom stereocenters. The third-order valence-corrected chi connectivity index (χ3v) is 0.636. The van der Waals surface area contributed by atoms with Crippen molar-refractivity contribution in [2.45, 2.75) is 26.4 Å². The molecular weight excluding hydrogens is 118 g/mol. The molecule has 0 atom stereocenters. The van der Waals surface area contributed by atoms with E-state index in [1.165, 1.54) is 0 Å².